The molecule has 1 aliphatic rings. The number of hydrogen-bond donors (Lipinski definition) is 3. The lowest BCUT2D eigenvalue weighted by atomic mass is 10.1. The number of piperidine rings is 1. The lowest BCUT2D eigenvalue weighted by Crippen LogP contribution is -2.43. The van der Waals surface area contributed by atoms with Crippen molar-refractivity contribution in [3.05, 3.63) is 93.3 Å². The van der Waals surface area contributed by atoms with Crippen LogP contribution in [0.3, 0.4) is 0 Å². The molecule has 0 saturated carbocycles. The summed E-state index contributed by atoms with van der Waals surface area (Å²) in [5, 5.41) is 7.17. The van der Waals surface area contributed by atoms with Crippen molar-refractivity contribution in [2.24, 2.45) is 0 Å². The molecule has 2 aromatic carbocycles. The highest BCUT2D eigenvalue weighted by molar-refractivity contribution is 5.91. The van der Waals surface area contributed by atoms with Crippen LogP contribution in [-0.2, 0) is 4.74 Å². The zero-order valence-corrected chi connectivity index (χ0v) is 20.6. The summed E-state index contributed by atoms with van der Waals surface area (Å²) in [7, 11) is 1.31. The number of methoxy groups -OCH3 is 1. The first-order valence-corrected chi connectivity index (χ1v) is 12.1. The molecule has 4 aromatic rings. The summed E-state index contributed by atoms with van der Waals surface area (Å²) in [4.78, 5) is 56.6. The first-order chi connectivity index (χ1) is 18.4. The molecule has 0 atom stereocenters. The number of nitrogens with zero attached hydrogens (tertiary/aromatic N) is 3. The van der Waals surface area contributed by atoms with E-state index in [4.69, 9.17) is 4.74 Å². The molecule has 3 heterocycles. The fraction of sp³-hybridized carbons (Fsp3) is 0.222. The van der Waals surface area contributed by atoms with Crippen LogP contribution in [0.25, 0.3) is 22.5 Å². The fourth-order valence-electron chi connectivity index (χ4n) is 4.48. The molecule has 0 unspecified atom stereocenters. The molecule has 1 aliphatic heterocycles. The Hall–Kier alpha value is -4.93. The van der Waals surface area contributed by atoms with Crippen molar-refractivity contribution in [3.8, 4) is 22.5 Å². The zero-order valence-electron chi connectivity index (χ0n) is 20.6. The van der Waals surface area contributed by atoms with Gasteiger partial charge in [-0.15, -0.1) is 5.10 Å². The Balaban J connectivity index is 1.24. The Bertz CT molecular complexity index is 1560. The van der Waals surface area contributed by atoms with Crippen LogP contribution in [0.15, 0.2) is 76.4 Å². The van der Waals surface area contributed by atoms with E-state index in [1.54, 1.807) is 41.4 Å². The third-order valence-electron chi connectivity index (χ3n) is 6.57. The van der Waals surface area contributed by atoms with Gasteiger partial charge < -0.3 is 19.9 Å². The van der Waals surface area contributed by atoms with E-state index in [2.05, 4.69) is 20.4 Å². The summed E-state index contributed by atoms with van der Waals surface area (Å²) >= 11 is 0. The van der Waals surface area contributed by atoms with Crippen LogP contribution in [0.1, 0.15) is 29.2 Å². The number of esters is 1. The number of aromatic nitrogens is 4. The van der Waals surface area contributed by atoms with Crippen molar-refractivity contribution in [1.29, 1.82) is 0 Å². The van der Waals surface area contributed by atoms with Gasteiger partial charge in [0.1, 0.15) is 5.69 Å². The molecule has 0 radical (unpaired) electrons. The number of hydrogen-bond acceptors (Lipinski definition) is 6. The van der Waals surface area contributed by atoms with Crippen LogP contribution in [0, 0.1) is 0 Å². The standard InChI is InChI=1S/C27H26N6O5/c1-38-25(35)19-9-7-17(8-10-19)20-15-22(24(34)28-16-20)29-26(36)32-13-11-21(12-14-32)33-27(37)30-23(31-33)18-5-3-2-4-6-18/h2-10,15-16,21H,11-14H2,1H3,(H,28,34)(H,29,36)(H,30,31,37). The predicted molar refractivity (Wildman–Crippen MR) is 141 cm³/mol. The number of rotatable bonds is 5. The topological polar surface area (TPSA) is 142 Å². The second-order valence-electron chi connectivity index (χ2n) is 8.94. The molecular formula is C27H26N6O5. The third-order valence-corrected chi connectivity index (χ3v) is 6.57. The summed E-state index contributed by atoms with van der Waals surface area (Å²) in [6.07, 6.45) is 2.65. The van der Waals surface area contributed by atoms with Crippen molar-refractivity contribution in [2.45, 2.75) is 18.9 Å². The highest BCUT2D eigenvalue weighted by Crippen LogP contribution is 2.24. The summed E-state index contributed by atoms with van der Waals surface area (Å²) in [6, 6.07) is 17.2. The van der Waals surface area contributed by atoms with E-state index in [0.717, 1.165) is 11.1 Å². The maximum Gasteiger partial charge on any atom is 0.343 e. The van der Waals surface area contributed by atoms with Crippen molar-refractivity contribution in [3.63, 3.8) is 0 Å². The Kier molecular flexibility index (Phi) is 6.90. The average Bonchev–Trinajstić information content (AvgIpc) is 3.36. The first-order valence-electron chi connectivity index (χ1n) is 12.1. The molecule has 38 heavy (non-hydrogen) atoms. The monoisotopic (exact) mass is 514 g/mol. The van der Waals surface area contributed by atoms with Crippen molar-refractivity contribution < 1.29 is 14.3 Å². The molecule has 2 amide bonds. The van der Waals surface area contributed by atoms with Crippen LogP contribution >= 0.6 is 0 Å². The smallest absolute Gasteiger partial charge is 0.343 e. The number of likely N-dealkylation sites (tertiary alicyclic amines) is 1. The lowest BCUT2D eigenvalue weighted by Gasteiger charge is -2.31. The number of urea groups is 1. The number of ether oxygens (including phenoxy) is 1. The van der Waals surface area contributed by atoms with Gasteiger partial charge in [-0.3, -0.25) is 9.78 Å². The molecule has 194 valence electrons. The second-order valence-corrected chi connectivity index (χ2v) is 8.94. The number of nitrogens with one attached hydrogen (secondary N) is 3. The van der Waals surface area contributed by atoms with Crippen LogP contribution in [0.2, 0.25) is 0 Å². The Morgan fingerprint density at radius 1 is 0.974 bits per heavy atom. The number of H-pyrrole nitrogens is 2. The van der Waals surface area contributed by atoms with Gasteiger partial charge in [0.25, 0.3) is 5.56 Å². The Morgan fingerprint density at radius 2 is 1.68 bits per heavy atom. The number of benzene rings is 2. The van der Waals surface area contributed by atoms with Crippen molar-refractivity contribution in [2.75, 3.05) is 25.5 Å². The van der Waals surface area contributed by atoms with E-state index in [1.807, 2.05) is 30.3 Å². The molecule has 0 aliphatic carbocycles. The minimum absolute atomic E-state index is 0.114. The minimum atomic E-state index is -0.441. The summed E-state index contributed by atoms with van der Waals surface area (Å²) in [6.45, 7) is 0.812. The first kappa shape index (κ1) is 24.8. The molecule has 0 spiro atoms. The third kappa shape index (κ3) is 5.12. The highest BCUT2D eigenvalue weighted by Gasteiger charge is 2.26. The molecule has 11 nitrogen and oxygen atoms in total. The number of carbonyl (C=O) groups excluding carboxylic acids is 2. The zero-order chi connectivity index (χ0) is 26.6. The van der Waals surface area contributed by atoms with Crippen molar-refractivity contribution >= 4 is 17.7 Å². The van der Waals surface area contributed by atoms with E-state index >= 15 is 0 Å². The lowest BCUT2D eigenvalue weighted by molar-refractivity contribution is 0.0600. The van der Waals surface area contributed by atoms with Gasteiger partial charge in [0, 0.05) is 30.4 Å². The van der Waals surface area contributed by atoms with Gasteiger partial charge in [-0.2, -0.15) is 0 Å². The van der Waals surface area contributed by atoms with Crippen LogP contribution < -0.4 is 16.6 Å². The van der Waals surface area contributed by atoms with Crippen LogP contribution in [0.4, 0.5) is 10.5 Å². The second kappa shape index (κ2) is 10.6. The molecule has 11 heteroatoms. The van der Waals surface area contributed by atoms with E-state index in [0.29, 0.717) is 42.9 Å². The average molecular weight is 515 g/mol. The summed E-state index contributed by atoms with van der Waals surface area (Å²) in [5.74, 6) is 0.0679. The normalized spacial score (nSPS) is 13.8. The number of carbonyl (C=O) groups is 2. The molecule has 1 saturated heterocycles. The number of aromatic amines is 2. The van der Waals surface area contributed by atoms with Gasteiger partial charge in [-0.1, -0.05) is 42.5 Å². The van der Waals surface area contributed by atoms with Gasteiger partial charge in [0.2, 0.25) is 0 Å². The van der Waals surface area contributed by atoms with Gasteiger partial charge >= 0.3 is 17.7 Å². The molecule has 0 bridgehead atoms. The number of anilines is 1. The van der Waals surface area contributed by atoms with Gasteiger partial charge in [0.15, 0.2) is 5.82 Å². The predicted octanol–water partition coefficient (Wildman–Crippen LogP) is 3.25. The maximum atomic E-state index is 12.9. The molecule has 2 aromatic heterocycles. The Morgan fingerprint density at radius 3 is 2.37 bits per heavy atom. The molecule has 1 fully saturated rings. The van der Waals surface area contributed by atoms with E-state index < -0.39 is 17.6 Å². The van der Waals surface area contributed by atoms with E-state index in [9.17, 15) is 19.2 Å². The van der Waals surface area contributed by atoms with Crippen molar-refractivity contribution in [1.82, 2.24) is 24.6 Å². The number of pyridine rings is 1. The summed E-state index contributed by atoms with van der Waals surface area (Å²) < 4.78 is 6.17. The quantitative estimate of drug-likeness (QED) is 0.349. The van der Waals surface area contributed by atoms with Crippen LogP contribution in [0.5, 0.6) is 0 Å². The van der Waals surface area contributed by atoms with E-state index in [-0.39, 0.29) is 17.4 Å². The fourth-order valence-corrected chi connectivity index (χ4v) is 4.48. The number of amides is 2. The molecule has 3 N–H and O–H groups in total. The van der Waals surface area contributed by atoms with Crippen LogP contribution in [-0.4, -0.2) is 56.8 Å². The van der Waals surface area contributed by atoms with Gasteiger partial charge in [-0.25, -0.2) is 19.1 Å². The highest BCUT2D eigenvalue weighted by atomic mass is 16.5. The SMILES string of the molecule is COC(=O)c1ccc(-c2c[nH]c(=O)c(NC(=O)N3CCC(n4nc(-c5ccccc5)[nH]c4=O)CC3)c2)cc1. The minimum Gasteiger partial charge on any atom is -0.465 e. The molecular weight excluding hydrogens is 488 g/mol. The maximum absolute atomic E-state index is 12.9. The van der Waals surface area contributed by atoms with Gasteiger partial charge in [0.05, 0.1) is 18.7 Å². The largest absolute Gasteiger partial charge is 0.465 e. The summed E-state index contributed by atoms with van der Waals surface area (Å²) in [5.41, 5.74) is 2.06. The van der Waals surface area contributed by atoms with Gasteiger partial charge in [-0.05, 0) is 36.6 Å². The Labute approximate surface area is 217 Å². The molecule has 5 rings (SSSR count). The van der Waals surface area contributed by atoms with E-state index in [1.165, 1.54) is 11.8 Å².